The van der Waals surface area contributed by atoms with Crippen LogP contribution in [-0.4, -0.2) is 160 Å². The van der Waals surface area contributed by atoms with E-state index in [1.54, 1.807) is 12.1 Å². The van der Waals surface area contributed by atoms with Crippen molar-refractivity contribution in [3.8, 4) is 5.75 Å². The summed E-state index contributed by atoms with van der Waals surface area (Å²) in [5, 5.41) is 81.9. The molecule has 1 aromatic carbocycles. The van der Waals surface area contributed by atoms with Gasteiger partial charge in [-0.3, -0.25) is 9.59 Å². The van der Waals surface area contributed by atoms with Crippen molar-refractivity contribution in [1.29, 1.82) is 0 Å². The first-order valence-electron chi connectivity index (χ1n) is 16.2. The number of hydrogen-bond acceptors (Lipinski definition) is 19. The number of rotatable bonds is 14. The summed E-state index contributed by atoms with van der Waals surface area (Å²) >= 11 is 0. The molecule has 0 bridgehead atoms. The number of phenols is 1. The molecule has 1 aromatic rings. The number of aliphatic hydroxyl groups is 7. The molecule has 19 heteroatoms. The van der Waals surface area contributed by atoms with E-state index in [4.69, 9.17) is 37.9 Å². The minimum Gasteiger partial charge on any atom is -0.508 e. The highest BCUT2D eigenvalue weighted by atomic mass is 16.8. The number of benzene rings is 1. The molecule has 3 aliphatic rings. The van der Waals surface area contributed by atoms with Crippen molar-refractivity contribution in [2.75, 3.05) is 33.5 Å². The van der Waals surface area contributed by atoms with Gasteiger partial charge in [0.05, 0.1) is 45.2 Å². The SMILES string of the molecule is COC(=O)C1=COC(OC2OC(CO)C(O)C(OC3OC(CO)C(O)C(O)C3O)C2O)C(=CCOC(C)=O)C1CC(=O)OCCc1ccc(O)cc1. The van der Waals surface area contributed by atoms with Gasteiger partial charge in [-0.2, -0.15) is 0 Å². The molecule has 12 atom stereocenters. The number of carbonyl (C=O) groups excluding carboxylic acids is 3. The van der Waals surface area contributed by atoms with Crippen LogP contribution in [0.1, 0.15) is 18.9 Å². The van der Waals surface area contributed by atoms with Crippen LogP contribution in [0.15, 0.2) is 47.7 Å². The third-order valence-electron chi connectivity index (χ3n) is 8.58. The summed E-state index contributed by atoms with van der Waals surface area (Å²) in [6.45, 7) is -0.921. The average molecular weight is 745 g/mol. The van der Waals surface area contributed by atoms with Crippen LogP contribution >= 0.6 is 0 Å². The van der Waals surface area contributed by atoms with Crippen molar-refractivity contribution in [3.63, 3.8) is 0 Å². The third-order valence-corrected chi connectivity index (χ3v) is 8.58. The largest absolute Gasteiger partial charge is 0.508 e. The number of carbonyl (C=O) groups is 3. The van der Waals surface area contributed by atoms with Gasteiger partial charge in [0.15, 0.2) is 12.6 Å². The number of aromatic hydroxyl groups is 1. The smallest absolute Gasteiger partial charge is 0.337 e. The Labute approximate surface area is 297 Å². The maximum absolute atomic E-state index is 13.1. The monoisotopic (exact) mass is 744 g/mol. The normalized spacial score (nSPS) is 34.2. The number of phenolic OH excluding ortho intramolecular Hbond substituents is 1. The Morgan fingerprint density at radius 3 is 2.08 bits per heavy atom. The Hall–Kier alpha value is -3.73. The predicted octanol–water partition coefficient (Wildman–Crippen LogP) is -2.97. The van der Waals surface area contributed by atoms with Gasteiger partial charge in [-0.15, -0.1) is 0 Å². The molecule has 0 amide bonds. The first-order valence-corrected chi connectivity index (χ1v) is 16.2. The van der Waals surface area contributed by atoms with Crippen LogP contribution in [0.5, 0.6) is 5.75 Å². The van der Waals surface area contributed by atoms with Crippen molar-refractivity contribution < 1.29 is 93.1 Å². The lowest BCUT2D eigenvalue weighted by Gasteiger charge is -2.46. The second-order valence-corrected chi connectivity index (χ2v) is 12.1. The minimum absolute atomic E-state index is 0.0218. The molecule has 4 rings (SSSR count). The van der Waals surface area contributed by atoms with Gasteiger partial charge in [-0.25, -0.2) is 4.79 Å². The van der Waals surface area contributed by atoms with E-state index < -0.39 is 111 Å². The van der Waals surface area contributed by atoms with E-state index in [2.05, 4.69) is 0 Å². The van der Waals surface area contributed by atoms with Crippen LogP contribution in [0.25, 0.3) is 0 Å². The maximum Gasteiger partial charge on any atom is 0.337 e. The standard InChI is InChI=1S/C33H44O19/c1-15(36)46-10-8-18-19(11-23(38)47-9-7-16-3-5-17(37)6-4-16)20(30(44)45-2)14-48-31(18)52-33-28(43)29(25(40)22(13-35)50-33)51-32-27(42)26(41)24(39)21(12-34)49-32/h3-6,8,14,19,21-22,24-29,31-35,37,39-43H,7,9-13H2,1-2H3. The number of esters is 3. The fraction of sp³-hybridized carbons (Fsp3) is 0.606. The third kappa shape index (κ3) is 10.0. The zero-order valence-corrected chi connectivity index (χ0v) is 28.2. The number of aliphatic hydroxyl groups excluding tert-OH is 7. The molecule has 0 aliphatic carbocycles. The van der Waals surface area contributed by atoms with E-state index in [0.717, 1.165) is 25.9 Å². The molecule has 290 valence electrons. The zero-order chi connectivity index (χ0) is 38.1. The Kier molecular flexibility index (Phi) is 14.9. The summed E-state index contributed by atoms with van der Waals surface area (Å²) < 4.78 is 43.5. The Balaban J connectivity index is 1.57. The molecule has 3 heterocycles. The van der Waals surface area contributed by atoms with Gasteiger partial charge in [-0.1, -0.05) is 12.1 Å². The highest BCUT2D eigenvalue weighted by molar-refractivity contribution is 5.90. The lowest BCUT2D eigenvalue weighted by molar-refractivity contribution is -0.369. The van der Waals surface area contributed by atoms with E-state index in [9.17, 15) is 55.2 Å². The summed E-state index contributed by atoms with van der Waals surface area (Å²) in [7, 11) is 1.10. The fourth-order valence-corrected chi connectivity index (χ4v) is 5.73. The maximum atomic E-state index is 13.1. The van der Waals surface area contributed by atoms with Crippen LogP contribution < -0.4 is 0 Å². The Morgan fingerprint density at radius 2 is 1.46 bits per heavy atom. The number of ether oxygens (including phenoxy) is 8. The summed E-state index contributed by atoms with van der Waals surface area (Å²) in [6, 6.07) is 6.26. The molecule has 19 nitrogen and oxygen atoms in total. The van der Waals surface area contributed by atoms with Gasteiger partial charge < -0.3 is 78.7 Å². The number of hydrogen-bond donors (Lipinski definition) is 8. The van der Waals surface area contributed by atoms with Gasteiger partial charge in [0.1, 0.15) is 61.2 Å². The van der Waals surface area contributed by atoms with Gasteiger partial charge in [0.2, 0.25) is 6.29 Å². The molecule has 8 N–H and O–H groups in total. The van der Waals surface area contributed by atoms with Crippen molar-refractivity contribution in [3.05, 3.63) is 53.3 Å². The van der Waals surface area contributed by atoms with Crippen molar-refractivity contribution >= 4 is 17.9 Å². The van der Waals surface area contributed by atoms with Crippen LogP contribution in [-0.2, 0) is 58.7 Å². The van der Waals surface area contributed by atoms with E-state index >= 15 is 0 Å². The van der Waals surface area contributed by atoms with E-state index in [1.807, 2.05) is 0 Å². The first kappa shape index (κ1) is 41.0. The number of methoxy groups -OCH3 is 1. The highest BCUT2D eigenvalue weighted by Crippen LogP contribution is 2.37. The Morgan fingerprint density at radius 1 is 0.827 bits per heavy atom. The molecule has 0 radical (unpaired) electrons. The highest BCUT2D eigenvalue weighted by Gasteiger charge is 2.52. The molecule has 2 fully saturated rings. The Bertz CT molecular complexity index is 1410. The first-order chi connectivity index (χ1) is 24.8. The van der Waals surface area contributed by atoms with Crippen molar-refractivity contribution in [2.45, 2.75) is 87.5 Å². The average Bonchev–Trinajstić information content (AvgIpc) is 3.12. The fourth-order valence-electron chi connectivity index (χ4n) is 5.73. The molecule has 0 aromatic heterocycles. The molecule has 12 unspecified atom stereocenters. The lowest BCUT2D eigenvalue weighted by Crippen LogP contribution is -2.65. The van der Waals surface area contributed by atoms with Gasteiger partial charge in [0, 0.05) is 24.8 Å². The van der Waals surface area contributed by atoms with Crippen molar-refractivity contribution in [2.24, 2.45) is 5.92 Å². The lowest BCUT2D eigenvalue weighted by atomic mass is 9.86. The van der Waals surface area contributed by atoms with Crippen LogP contribution in [0.3, 0.4) is 0 Å². The van der Waals surface area contributed by atoms with E-state index in [0.29, 0.717) is 6.42 Å². The van der Waals surface area contributed by atoms with Crippen molar-refractivity contribution in [1.82, 2.24) is 0 Å². The van der Waals surface area contributed by atoms with Gasteiger partial charge in [-0.05, 0) is 23.8 Å². The van der Waals surface area contributed by atoms with Crippen LogP contribution in [0.4, 0.5) is 0 Å². The molecular weight excluding hydrogens is 700 g/mol. The summed E-state index contributed by atoms with van der Waals surface area (Å²) in [4.78, 5) is 37.5. The summed E-state index contributed by atoms with van der Waals surface area (Å²) in [5.41, 5.74) is 0.645. The topological polar surface area (TPSA) is 287 Å². The summed E-state index contributed by atoms with van der Waals surface area (Å²) in [5.74, 6) is -3.41. The van der Waals surface area contributed by atoms with E-state index in [1.165, 1.54) is 18.2 Å². The molecular formula is C33H44O19. The van der Waals surface area contributed by atoms with Crippen LogP contribution in [0.2, 0.25) is 0 Å². The molecule has 3 aliphatic heterocycles. The molecule has 0 spiro atoms. The zero-order valence-electron chi connectivity index (χ0n) is 28.2. The van der Waals surface area contributed by atoms with Crippen LogP contribution in [0, 0.1) is 5.92 Å². The predicted molar refractivity (Wildman–Crippen MR) is 168 cm³/mol. The molecule has 52 heavy (non-hydrogen) atoms. The van der Waals surface area contributed by atoms with E-state index in [-0.39, 0.29) is 30.1 Å². The molecule has 2 saturated heterocycles. The van der Waals surface area contributed by atoms with Gasteiger partial charge in [0.25, 0.3) is 0 Å². The second-order valence-electron chi connectivity index (χ2n) is 12.1. The second kappa shape index (κ2) is 18.9. The van der Waals surface area contributed by atoms with Gasteiger partial charge >= 0.3 is 17.9 Å². The minimum atomic E-state index is -1.95. The molecule has 0 saturated carbocycles. The quantitative estimate of drug-likeness (QED) is 0.0536. The summed E-state index contributed by atoms with van der Waals surface area (Å²) in [6.07, 6.45) is -16.9.